The van der Waals surface area contributed by atoms with Crippen molar-refractivity contribution in [2.75, 3.05) is 0 Å². The van der Waals surface area contributed by atoms with Gasteiger partial charge in [-0.3, -0.25) is 4.79 Å². The Morgan fingerprint density at radius 2 is 2.08 bits per heavy atom. The Labute approximate surface area is 154 Å². The average molecular weight is 392 g/mol. The van der Waals surface area contributed by atoms with Crippen LogP contribution in [-0.2, 0) is 12.2 Å². The van der Waals surface area contributed by atoms with E-state index in [0.29, 0.717) is 33.9 Å². The molecule has 0 fully saturated rings. The standard InChI is InChI=1S/C14H12N6O2S3/c1-7-15-9(5-23-7)3-11-17-18-14(22-11)24-6-10-4-12(21)20-13(16-10)25-8(2)19-20/h4-5H,3,6H2,1-2H3. The second-order valence-corrected chi connectivity index (χ2v) is 8.34. The smallest absolute Gasteiger partial charge is 0.276 e. The van der Waals surface area contributed by atoms with Gasteiger partial charge in [-0.2, -0.15) is 9.61 Å². The molecule has 0 atom stereocenters. The van der Waals surface area contributed by atoms with Gasteiger partial charge in [-0.25, -0.2) is 9.97 Å². The van der Waals surface area contributed by atoms with Gasteiger partial charge in [-0.15, -0.1) is 21.5 Å². The van der Waals surface area contributed by atoms with Crippen molar-refractivity contribution < 1.29 is 4.42 Å². The highest BCUT2D eigenvalue weighted by Crippen LogP contribution is 2.22. The summed E-state index contributed by atoms with van der Waals surface area (Å²) >= 11 is 4.33. The van der Waals surface area contributed by atoms with Gasteiger partial charge in [0, 0.05) is 17.2 Å². The number of hydrogen-bond acceptors (Lipinski definition) is 10. The van der Waals surface area contributed by atoms with Gasteiger partial charge in [0.2, 0.25) is 10.9 Å². The quantitative estimate of drug-likeness (QED) is 0.478. The molecule has 0 unspecified atom stereocenters. The minimum Gasteiger partial charge on any atom is -0.416 e. The highest BCUT2D eigenvalue weighted by Gasteiger charge is 2.12. The largest absolute Gasteiger partial charge is 0.416 e. The molecule has 0 saturated heterocycles. The SMILES string of the molecule is Cc1nc(Cc2nnc(SCc3cc(=O)n4nc(C)sc4n3)o2)cs1. The molecule has 4 aromatic heterocycles. The molecule has 0 aromatic carbocycles. The van der Waals surface area contributed by atoms with Crippen LogP contribution in [-0.4, -0.2) is 29.8 Å². The molecule has 25 heavy (non-hydrogen) atoms. The minimum absolute atomic E-state index is 0.185. The Morgan fingerprint density at radius 3 is 2.88 bits per heavy atom. The van der Waals surface area contributed by atoms with Crippen molar-refractivity contribution in [2.45, 2.75) is 31.2 Å². The molecule has 4 heterocycles. The summed E-state index contributed by atoms with van der Waals surface area (Å²) in [6.45, 7) is 3.80. The molecule has 0 amide bonds. The molecule has 0 aliphatic heterocycles. The fourth-order valence-corrected chi connectivity index (χ4v) is 4.23. The van der Waals surface area contributed by atoms with Crippen LogP contribution in [0.3, 0.4) is 0 Å². The van der Waals surface area contributed by atoms with Crippen LogP contribution in [0.15, 0.2) is 25.9 Å². The third-order valence-electron chi connectivity index (χ3n) is 3.19. The molecule has 0 bridgehead atoms. The zero-order valence-electron chi connectivity index (χ0n) is 13.3. The summed E-state index contributed by atoms with van der Waals surface area (Å²) in [4.78, 5) is 21.5. The fraction of sp³-hybridized carbons (Fsp3) is 0.286. The fourth-order valence-electron chi connectivity index (χ4n) is 2.17. The zero-order chi connectivity index (χ0) is 17.4. The molecule has 8 nitrogen and oxygen atoms in total. The summed E-state index contributed by atoms with van der Waals surface area (Å²) in [5.74, 6) is 0.995. The monoisotopic (exact) mass is 392 g/mol. The van der Waals surface area contributed by atoms with Crippen LogP contribution in [0.5, 0.6) is 0 Å². The number of rotatable bonds is 5. The molecular formula is C14H12N6O2S3. The minimum atomic E-state index is -0.185. The van der Waals surface area contributed by atoms with Crippen LogP contribution in [0.25, 0.3) is 4.96 Å². The van der Waals surface area contributed by atoms with Gasteiger partial charge in [-0.1, -0.05) is 23.1 Å². The maximum Gasteiger partial charge on any atom is 0.276 e. The van der Waals surface area contributed by atoms with Crippen LogP contribution < -0.4 is 5.56 Å². The highest BCUT2D eigenvalue weighted by molar-refractivity contribution is 7.98. The van der Waals surface area contributed by atoms with Crippen LogP contribution in [0.2, 0.25) is 0 Å². The predicted molar refractivity (Wildman–Crippen MR) is 95.4 cm³/mol. The summed E-state index contributed by atoms with van der Waals surface area (Å²) in [5.41, 5.74) is 1.40. The van der Waals surface area contributed by atoms with Crippen molar-refractivity contribution in [1.82, 2.24) is 29.8 Å². The van der Waals surface area contributed by atoms with E-state index in [1.807, 2.05) is 19.2 Å². The Hall–Kier alpha value is -2.11. The normalized spacial score (nSPS) is 11.4. The molecule has 0 aliphatic rings. The number of aromatic nitrogens is 6. The first-order valence-corrected chi connectivity index (χ1v) is 9.97. The molecular weight excluding hydrogens is 380 g/mol. The van der Waals surface area contributed by atoms with Crippen LogP contribution >= 0.6 is 34.4 Å². The van der Waals surface area contributed by atoms with Crippen LogP contribution in [0.1, 0.15) is 27.3 Å². The maximum atomic E-state index is 12.0. The summed E-state index contributed by atoms with van der Waals surface area (Å²) in [6.07, 6.45) is 0.517. The molecule has 0 N–H and O–H groups in total. The summed E-state index contributed by atoms with van der Waals surface area (Å²) < 4.78 is 6.94. The molecule has 0 radical (unpaired) electrons. The van der Waals surface area contributed by atoms with Crippen molar-refractivity contribution in [1.29, 1.82) is 0 Å². The second-order valence-electron chi connectivity index (χ2n) is 5.19. The molecule has 0 aliphatic carbocycles. The van der Waals surface area contributed by atoms with Crippen molar-refractivity contribution in [3.63, 3.8) is 0 Å². The lowest BCUT2D eigenvalue weighted by Gasteiger charge is -1.97. The summed E-state index contributed by atoms with van der Waals surface area (Å²) in [6, 6.07) is 1.48. The van der Waals surface area contributed by atoms with E-state index < -0.39 is 0 Å². The molecule has 11 heteroatoms. The Morgan fingerprint density at radius 1 is 1.20 bits per heavy atom. The third-order valence-corrected chi connectivity index (χ3v) is 5.69. The second kappa shape index (κ2) is 6.65. The number of nitrogens with zero attached hydrogens (tertiary/aromatic N) is 6. The first-order chi connectivity index (χ1) is 12.1. The van der Waals surface area contributed by atoms with Gasteiger partial charge in [0.25, 0.3) is 10.8 Å². The number of fused-ring (bicyclic) bond motifs is 1. The molecule has 4 rings (SSSR count). The van der Waals surface area contributed by atoms with E-state index in [2.05, 4.69) is 25.3 Å². The lowest BCUT2D eigenvalue weighted by atomic mass is 10.3. The van der Waals surface area contributed by atoms with Crippen LogP contribution in [0, 0.1) is 13.8 Å². The lowest BCUT2D eigenvalue weighted by Crippen LogP contribution is -2.15. The van der Waals surface area contributed by atoms with Gasteiger partial charge >= 0.3 is 0 Å². The number of aryl methyl sites for hydroxylation is 2. The number of hydrogen-bond donors (Lipinski definition) is 0. The molecule has 128 valence electrons. The van der Waals surface area contributed by atoms with Crippen molar-refractivity contribution in [2.24, 2.45) is 0 Å². The Balaban J connectivity index is 1.45. The predicted octanol–water partition coefficient (Wildman–Crippen LogP) is 2.49. The van der Waals surface area contributed by atoms with Gasteiger partial charge in [0.1, 0.15) is 5.01 Å². The lowest BCUT2D eigenvalue weighted by molar-refractivity contribution is 0.419. The first kappa shape index (κ1) is 16.4. The Kier molecular flexibility index (Phi) is 4.36. The summed E-state index contributed by atoms with van der Waals surface area (Å²) in [7, 11) is 0. The topological polar surface area (TPSA) is 99.1 Å². The van der Waals surface area contributed by atoms with Gasteiger partial charge in [0.15, 0.2) is 0 Å². The van der Waals surface area contributed by atoms with E-state index >= 15 is 0 Å². The van der Waals surface area contributed by atoms with Crippen molar-refractivity contribution >= 4 is 39.4 Å². The molecule has 0 spiro atoms. The van der Waals surface area contributed by atoms with Gasteiger partial charge < -0.3 is 4.42 Å². The van der Waals surface area contributed by atoms with Crippen LogP contribution in [0.4, 0.5) is 0 Å². The van der Waals surface area contributed by atoms with E-state index in [1.54, 1.807) is 11.3 Å². The summed E-state index contributed by atoms with van der Waals surface area (Å²) in [5, 5.41) is 16.4. The van der Waals surface area contributed by atoms with Crippen molar-refractivity contribution in [3.8, 4) is 0 Å². The number of thioether (sulfide) groups is 1. The van der Waals surface area contributed by atoms with E-state index in [1.165, 1.54) is 33.7 Å². The van der Waals surface area contributed by atoms with Gasteiger partial charge in [-0.05, 0) is 13.8 Å². The molecule has 4 aromatic rings. The maximum absolute atomic E-state index is 12.0. The molecule has 0 saturated carbocycles. The van der Waals surface area contributed by atoms with E-state index in [4.69, 9.17) is 4.42 Å². The third kappa shape index (κ3) is 3.62. The van der Waals surface area contributed by atoms with E-state index in [9.17, 15) is 4.79 Å². The highest BCUT2D eigenvalue weighted by atomic mass is 32.2. The average Bonchev–Trinajstić information content (AvgIpc) is 3.26. The van der Waals surface area contributed by atoms with E-state index in [-0.39, 0.29) is 5.56 Å². The number of thiazole rings is 1. The first-order valence-electron chi connectivity index (χ1n) is 7.29. The van der Waals surface area contributed by atoms with E-state index in [0.717, 1.165) is 15.7 Å². The zero-order valence-corrected chi connectivity index (χ0v) is 15.7. The van der Waals surface area contributed by atoms with Gasteiger partial charge in [0.05, 0.1) is 22.8 Å². The van der Waals surface area contributed by atoms with Crippen molar-refractivity contribution in [3.05, 3.63) is 49.1 Å². The Bertz CT molecular complexity index is 1100.